The molecule has 150 valence electrons. The number of aliphatic hydroxyl groups is 1. The Bertz CT molecular complexity index is 660. The van der Waals surface area contributed by atoms with Crippen LogP contribution in [0.25, 0.3) is 0 Å². The third kappa shape index (κ3) is 4.95. The van der Waals surface area contributed by atoms with Crippen LogP contribution < -0.4 is 5.32 Å². The summed E-state index contributed by atoms with van der Waals surface area (Å²) >= 11 is 0. The lowest BCUT2D eigenvalue weighted by molar-refractivity contribution is 0.00465. The summed E-state index contributed by atoms with van der Waals surface area (Å²) in [6, 6.07) is 6.54. The van der Waals surface area contributed by atoms with Crippen molar-refractivity contribution in [3.05, 3.63) is 29.3 Å². The number of rotatable bonds is 3. The molecule has 5 nitrogen and oxygen atoms in total. The second kappa shape index (κ2) is 8.09. The van der Waals surface area contributed by atoms with E-state index in [0.29, 0.717) is 19.0 Å². The molecule has 1 aliphatic carbocycles. The summed E-state index contributed by atoms with van der Waals surface area (Å²) in [5.41, 5.74) is 2.99. The van der Waals surface area contributed by atoms with Crippen molar-refractivity contribution in [2.45, 2.75) is 84.0 Å². The lowest BCUT2D eigenvalue weighted by atomic mass is 9.86. The fourth-order valence-corrected chi connectivity index (χ4v) is 4.14. The van der Waals surface area contributed by atoms with Crippen LogP contribution in [-0.4, -0.2) is 40.4 Å². The monoisotopic (exact) mass is 374 g/mol. The Kier molecular flexibility index (Phi) is 5.99. The molecular weight excluding hydrogens is 340 g/mol. The van der Waals surface area contributed by atoms with Crippen molar-refractivity contribution in [3.63, 3.8) is 0 Å². The number of benzene rings is 1. The molecule has 1 aromatic rings. The van der Waals surface area contributed by atoms with Crippen LogP contribution in [-0.2, 0) is 17.7 Å². The lowest BCUT2D eigenvalue weighted by Crippen LogP contribution is -2.48. The Balaban J connectivity index is 1.77. The van der Waals surface area contributed by atoms with Gasteiger partial charge in [0.25, 0.3) is 0 Å². The van der Waals surface area contributed by atoms with Gasteiger partial charge in [-0.05, 0) is 76.0 Å². The number of anilines is 1. The van der Waals surface area contributed by atoms with Gasteiger partial charge in [-0.1, -0.05) is 19.1 Å². The quantitative estimate of drug-likeness (QED) is 0.827. The zero-order chi connectivity index (χ0) is 19.6. The molecule has 5 heteroatoms. The second-order valence-corrected chi connectivity index (χ2v) is 9.19. The van der Waals surface area contributed by atoms with E-state index in [1.165, 1.54) is 31.2 Å². The van der Waals surface area contributed by atoms with Gasteiger partial charge in [-0.25, -0.2) is 4.79 Å². The predicted octanol–water partition coefficient (Wildman–Crippen LogP) is 4.33. The molecule has 1 aromatic carbocycles. The number of fused-ring (bicyclic) bond motifs is 1. The SMILES string of the molecule is CC1CCC(Nc2cccc3c2C[C@H](CO)N(C(=O)OC(C)(C)C)C3)CC1. The number of amides is 1. The molecule has 0 aromatic heterocycles. The smallest absolute Gasteiger partial charge is 0.410 e. The van der Waals surface area contributed by atoms with E-state index in [2.05, 4.69) is 30.4 Å². The molecule has 0 unspecified atom stereocenters. The summed E-state index contributed by atoms with van der Waals surface area (Å²) < 4.78 is 5.55. The van der Waals surface area contributed by atoms with Crippen molar-refractivity contribution >= 4 is 11.8 Å². The number of nitrogens with one attached hydrogen (secondary N) is 1. The molecule has 0 bridgehead atoms. The Hall–Kier alpha value is -1.75. The maximum atomic E-state index is 12.6. The third-order valence-electron chi connectivity index (χ3n) is 5.71. The van der Waals surface area contributed by atoms with Crippen molar-refractivity contribution in [2.75, 3.05) is 11.9 Å². The Morgan fingerprint density at radius 1 is 1.26 bits per heavy atom. The first-order valence-electron chi connectivity index (χ1n) is 10.2. The van der Waals surface area contributed by atoms with Crippen molar-refractivity contribution < 1.29 is 14.6 Å². The van der Waals surface area contributed by atoms with Gasteiger partial charge in [0.1, 0.15) is 5.60 Å². The first-order valence-corrected chi connectivity index (χ1v) is 10.2. The highest BCUT2D eigenvalue weighted by Gasteiger charge is 2.33. The molecule has 0 saturated heterocycles. The number of carbonyl (C=O) groups excluding carboxylic acids is 1. The highest BCUT2D eigenvalue weighted by Crippen LogP contribution is 2.33. The first kappa shape index (κ1) is 20.0. The molecule has 1 amide bonds. The molecule has 1 heterocycles. The largest absolute Gasteiger partial charge is 0.444 e. The van der Waals surface area contributed by atoms with Gasteiger partial charge in [-0.3, -0.25) is 4.90 Å². The summed E-state index contributed by atoms with van der Waals surface area (Å²) in [6.07, 6.45) is 5.26. The fourth-order valence-electron chi connectivity index (χ4n) is 4.14. The van der Waals surface area contributed by atoms with Gasteiger partial charge in [0.15, 0.2) is 0 Å². The van der Waals surface area contributed by atoms with Crippen LogP contribution >= 0.6 is 0 Å². The van der Waals surface area contributed by atoms with Crippen LogP contribution in [0.15, 0.2) is 18.2 Å². The summed E-state index contributed by atoms with van der Waals surface area (Å²) in [5.74, 6) is 0.828. The Morgan fingerprint density at radius 3 is 2.59 bits per heavy atom. The highest BCUT2D eigenvalue weighted by atomic mass is 16.6. The maximum Gasteiger partial charge on any atom is 0.410 e. The predicted molar refractivity (Wildman–Crippen MR) is 108 cm³/mol. The van der Waals surface area contributed by atoms with Gasteiger partial charge in [0.2, 0.25) is 0 Å². The number of hydrogen-bond acceptors (Lipinski definition) is 4. The molecule has 0 spiro atoms. The zero-order valence-corrected chi connectivity index (χ0v) is 17.1. The van der Waals surface area contributed by atoms with E-state index >= 15 is 0 Å². The van der Waals surface area contributed by atoms with Crippen LogP contribution in [0.3, 0.4) is 0 Å². The van der Waals surface area contributed by atoms with E-state index < -0.39 is 5.60 Å². The van der Waals surface area contributed by atoms with Crippen molar-refractivity contribution in [2.24, 2.45) is 5.92 Å². The maximum absolute atomic E-state index is 12.6. The van der Waals surface area contributed by atoms with Crippen molar-refractivity contribution in [3.8, 4) is 0 Å². The number of hydrogen-bond donors (Lipinski definition) is 2. The summed E-state index contributed by atoms with van der Waals surface area (Å²) in [4.78, 5) is 14.3. The normalized spacial score (nSPS) is 25.7. The van der Waals surface area contributed by atoms with E-state index in [-0.39, 0.29) is 18.7 Å². The average molecular weight is 375 g/mol. The van der Waals surface area contributed by atoms with E-state index in [1.54, 1.807) is 4.90 Å². The van der Waals surface area contributed by atoms with Crippen LogP contribution in [0, 0.1) is 5.92 Å². The summed E-state index contributed by atoms with van der Waals surface area (Å²) in [7, 11) is 0. The standard InChI is InChI=1S/C22H34N2O3/c1-15-8-10-17(11-9-15)23-20-7-5-6-16-13-24(18(14-25)12-19(16)20)21(26)27-22(2,3)4/h5-7,15,17-18,23,25H,8-14H2,1-4H3/t15?,17?,18-/m1/s1. The lowest BCUT2D eigenvalue weighted by Gasteiger charge is -2.38. The van der Waals surface area contributed by atoms with E-state index in [0.717, 1.165) is 17.2 Å². The van der Waals surface area contributed by atoms with E-state index in [9.17, 15) is 9.90 Å². The summed E-state index contributed by atoms with van der Waals surface area (Å²) in [6.45, 7) is 8.34. The molecule has 0 radical (unpaired) electrons. The van der Waals surface area contributed by atoms with Crippen LogP contribution in [0.1, 0.15) is 64.5 Å². The third-order valence-corrected chi connectivity index (χ3v) is 5.71. The molecule has 27 heavy (non-hydrogen) atoms. The minimum atomic E-state index is -0.543. The van der Waals surface area contributed by atoms with Crippen LogP contribution in [0.2, 0.25) is 0 Å². The van der Waals surface area contributed by atoms with Gasteiger partial charge in [-0.2, -0.15) is 0 Å². The van der Waals surface area contributed by atoms with Crippen molar-refractivity contribution in [1.29, 1.82) is 0 Å². The molecule has 2 aliphatic rings. The summed E-state index contributed by atoms with van der Waals surface area (Å²) in [5, 5.41) is 13.6. The minimum Gasteiger partial charge on any atom is -0.444 e. The molecule has 1 atom stereocenters. The van der Waals surface area contributed by atoms with Gasteiger partial charge < -0.3 is 15.2 Å². The highest BCUT2D eigenvalue weighted by molar-refractivity contribution is 5.70. The van der Waals surface area contributed by atoms with E-state index in [4.69, 9.17) is 4.74 Å². The molecule has 3 rings (SSSR count). The van der Waals surface area contributed by atoms with Gasteiger partial charge in [-0.15, -0.1) is 0 Å². The van der Waals surface area contributed by atoms with Crippen molar-refractivity contribution in [1.82, 2.24) is 4.90 Å². The number of ether oxygens (including phenoxy) is 1. The Morgan fingerprint density at radius 2 is 1.96 bits per heavy atom. The number of aliphatic hydroxyl groups excluding tert-OH is 1. The van der Waals surface area contributed by atoms with Gasteiger partial charge in [0.05, 0.1) is 12.6 Å². The second-order valence-electron chi connectivity index (χ2n) is 9.19. The zero-order valence-electron chi connectivity index (χ0n) is 17.1. The molecule has 1 fully saturated rings. The van der Waals surface area contributed by atoms with Crippen LogP contribution in [0.5, 0.6) is 0 Å². The topological polar surface area (TPSA) is 61.8 Å². The average Bonchev–Trinajstić information content (AvgIpc) is 2.61. The molecule has 2 N–H and O–H groups in total. The number of carbonyl (C=O) groups is 1. The molecule has 1 aliphatic heterocycles. The fraction of sp³-hybridized carbons (Fsp3) is 0.682. The molecule has 1 saturated carbocycles. The van der Waals surface area contributed by atoms with Gasteiger partial charge in [0, 0.05) is 18.3 Å². The van der Waals surface area contributed by atoms with E-state index in [1.807, 2.05) is 20.8 Å². The Labute approximate surface area is 163 Å². The van der Waals surface area contributed by atoms with Gasteiger partial charge >= 0.3 is 6.09 Å². The molecular formula is C22H34N2O3. The minimum absolute atomic E-state index is 0.0615. The number of nitrogens with zero attached hydrogens (tertiary/aromatic N) is 1. The first-order chi connectivity index (χ1) is 12.8. The van der Waals surface area contributed by atoms with Crippen LogP contribution in [0.4, 0.5) is 10.5 Å².